The molecule has 3 heterocycles. The average molecular weight is 398 g/mol. The predicted molar refractivity (Wildman–Crippen MR) is 111 cm³/mol. The lowest BCUT2D eigenvalue weighted by atomic mass is 9.95. The minimum Gasteiger partial charge on any atom is -0.340 e. The van der Waals surface area contributed by atoms with Crippen molar-refractivity contribution in [2.45, 2.75) is 33.2 Å². The zero-order valence-corrected chi connectivity index (χ0v) is 17.5. The second kappa shape index (κ2) is 9.05. The van der Waals surface area contributed by atoms with Crippen LogP contribution in [0.5, 0.6) is 0 Å². The van der Waals surface area contributed by atoms with Gasteiger partial charge < -0.3 is 14.3 Å². The molecule has 156 valence electrons. The van der Waals surface area contributed by atoms with Crippen molar-refractivity contribution in [1.29, 1.82) is 0 Å². The average Bonchev–Trinajstić information content (AvgIpc) is 3.23. The minimum atomic E-state index is 0.158. The number of piperidine rings is 1. The molecule has 0 radical (unpaired) electrons. The van der Waals surface area contributed by atoms with Crippen LogP contribution >= 0.6 is 0 Å². The first-order valence-corrected chi connectivity index (χ1v) is 10.8. The maximum Gasteiger partial charge on any atom is 0.241 e. The van der Waals surface area contributed by atoms with E-state index in [0.29, 0.717) is 24.2 Å². The highest BCUT2D eigenvalue weighted by atomic mass is 16.5. The van der Waals surface area contributed by atoms with Crippen molar-refractivity contribution in [3.63, 3.8) is 0 Å². The Balaban J connectivity index is 1.26. The van der Waals surface area contributed by atoms with Crippen LogP contribution in [0.1, 0.15) is 31.2 Å². The summed E-state index contributed by atoms with van der Waals surface area (Å²) in [6.07, 6.45) is 1.82. The molecule has 0 saturated carbocycles. The van der Waals surface area contributed by atoms with Crippen molar-refractivity contribution < 1.29 is 9.32 Å². The van der Waals surface area contributed by atoms with Crippen LogP contribution in [-0.4, -0.2) is 76.6 Å². The number of hydrogen-bond donors (Lipinski definition) is 0. The number of piperazine rings is 1. The third kappa shape index (κ3) is 4.85. The van der Waals surface area contributed by atoms with Gasteiger partial charge in [-0.3, -0.25) is 9.69 Å². The maximum atomic E-state index is 12.8. The van der Waals surface area contributed by atoms with Crippen molar-refractivity contribution in [3.8, 4) is 11.4 Å². The van der Waals surface area contributed by atoms with Crippen LogP contribution in [0.4, 0.5) is 0 Å². The molecule has 2 fully saturated rings. The maximum absolute atomic E-state index is 12.8. The molecule has 0 spiro atoms. The number of rotatable bonds is 5. The monoisotopic (exact) mass is 397 g/mol. The summed E-state index contributed by atoms with van der Waals surface area (Å²) in [4.78, 5) is 24.2. The smallest absolute Gasteiger partial charge is 0.241 e. The molecule has 29 heavy (non-hydrogen) atoms. The molecular weight excluding hydrogens is 366 g/mol. The van der Waals surface area contributed by atoms with Gasteiger partial charge in [-0.15, -0.1) is 0 Å². The number of hydrogen-bond acceptors (Lipinski definition) is 6. The van der Waals surface area contributed by atoms with Crippen LogP contribution < -0.4 is 0 Å². The molecule has 7 heteroatoms. The molecule has 4 rings (SSSR count). The van der Waals surface area contributed by atoms with Crippen LogP contribution in [0, 0.1) is 12.8 Å². The summed E-state index contributed by atoms with van der Waals surface area (Å²) in [7, 11) is 0. The number of carbonyl (C=O) groups is 1. The standard InChI is InChI=1S/C22H31N5O2/c1-3-25-12-14-27(15-13-25)22(28)19-8-10-26(11-9-19)16-20-23-21(24-29-20)18-6-4-17(2)5-7-18/h4-7,19H,3,8-16H2,1-2H3. The Labute approximate surface area is 172 Å². The summed E-state index contributed by atoms with van der Waals surface area (Å²) in [6.45, 7) is 11.5. The fraction of sp³-hybridized carbons (Fsp3) is 0.591. The van der Waals surface area contributed by atoms with Gasteiger partial charge in [0.25, 0.3) is 0 Å². The molecule has 0 unspecified atom stereocenters. The quantitative estimate of drug-likeness (QED) is 0.772. The fourth-order valence-corrected chi connectivity index (χ4v) is 4.21. The van der Waals surface area contributed by atoms with Crippen LogP contribution in [0.3, 0.4) is 0 Å². The summed E-state index contributed by atoms with van der Waals surface area (Å²) in [5, 5.41) is 4.12. The Morgan fingerprint density at radius 1 is 1.03 bits per heavy atom. The molecular formula is C22H31N5O2. The van der Waals surface area contributed by atoms with E-state index in [2.05, 4.69) is 50.8 Å². The molecule has 2 aromatic rings. The van der Waals surface area contributed by atoms with E-state index >= 15 is 0 Å². The van der Waals surface area contributed by atoms with Crippen LogP contribution in [0.15, 0.2) is 28.8 Å². The normalized spacial score (nSPS) is 19.6. The van der Waals surface area contributed by atoms with Crippen molar-refractivity contribution in [3.05, 3.63) is 35.7 Å². The number of likely N-dealkylation sites (N-methyl/N-ethyl adjacent to an activating group) is 1. The zero-order valence-electron chi connectivity index (χ0n) is 17.5. The van der Waals surface area contributed by atoms with Gasteiger partial charge in [0, 0.05) is 37.7 Å². The molecule has 1 aromatic carbocycles. The predicted octanol–water partition coefficient (Wildman–Crippen LogP) is 2.42. The summed E-state index contributed by atoms with van der Waals surface area (Å²) in [6, 6.07) is 8.13. The molecule has 7 nitrogen and oxygen atoms in total. The molecule has 2 aliphatic heterocycles. The lowest BCUT2D eigenvalue weighted by Crippen LogP contribution is -2.51. The number of aryl methyl sites for hydroxylation is 1. The Morgan fingerprint density at radius 2 is 1.72 bits per heavy atom. The number of amides is 1. The number of aromatic nitrogens is 2. The van der Waals surface area contributed by atoms with E-state index in [1.165, 1.54) is 5.56 Å². The topological polar surface area (TPSA) is 65.7 Å². The largest absolute Gasteiger partial charge is 0.340 e. The lowest BCUT2D eigenvalue weighted by Gasteiger charge is -2.38. The van der Waals surface area contributed by atoms with Gasteiger partial charge in [-0.1, -0.05) is 41.9 Å². The van der Waals surface area contributed by atoms with Crippen molar-refractivity contribution in [2.24, 2.45) is 5.92 Å². The highest BCUT2D eigenvalue weighted by molar-refractivity contribution is 5.79. The second-order valence-corrected chi connectivity index (χ2v) is 8.19. The van der Waals surface area contributed by atoms with E-state index in [0.717, 1.165) is 64.2 Å². The molecule has 2 aliphatic rings. The molecule has 0 atom stereocenters. The van der Waals surface area contributed by atoms with E-state index in [1.807, 2.05) is 12.1 Å². The molecule has 1 amide bonds. The number of likely N-dealkylation sites (tertiary alicyclic amines) is 1. The summed E-state index contributed by atoms with van der Waals surface area (Å²) >= 11 is 0. The van der Waals surface area contributed by atoms with Crippen LogP contribution in [0.25, 0.3) is 11.4 Å². The number of benzene rings is 1. The van der Waals surface area contributed by atoms with Gasteiger partial charge in [-0.25, -0.2) is 0 Å². The summed E-state index contributed by atoms with van der Waals surface area (Å²) in [5.41, 5.74) is 2.18. The first-order valence-electron chi connectivity index (χ1n) is 10.8. The fourth-order valence-electron chi connectivity index (χ4n) is 4.21. The Kier molecular flexibility index (Phi) is 6.25. The van der Waals surface area contributed by atoms with Gasteiger partial charge >= 0.3 is 0 Å². The van der Waals surface area contributed by atoms with Crippen LogP contribution in [-0.2, 0) is 11.3 Å². The molecule has 0 bridgehead atoms. The highest BCUT2D eigenvalue weighted by Crippen LogP contribution is 2.23. The second-order valence-electron chi connectivity index (χ2n) is 8.19. The molecule has 0 aliphatic carbocycles. The van der Waals surface area contributed by atoms with E-state index in [9.17, 15) is 4.79 Å². The van der Waals surface area contributed by atoms with Crippen molar-refractivity contribution in [1.82, 2.24) is 24.8 Å². The Morgan fingerprint density at radius 3 is 2.38 bits per heavy atom. The first-order chi connectivity index (χ1) is 14.1. The number of nitrogens with zero attached hydrogens (tertiary/aromatic N) is 5. The minimum absolute atomic E-state index is 0.158. The Hall–Kier alpha value is -2.25. The lowest BCUT2D eigenvalue weighted by molar-refractivity contribution is -0.138. The van der Waals surface area contributed by atoms with E-state index < -0.39 is 0 Å². The van der Waals surface area contributed by atoms with Gasteiger partial charge in [0.15, 0.2) is 0 Å². The summed E-state index contributed by atoms with van der Waals surface area (Å²) in [5.74, 6) is 1.78. The van der Waals surface area contributed by atoms with Crippen LogP contribution in [0.2, 0.25) is 0 Å². The van der Waals surface area contributed by atoms with Crippen molar-refractivity contribution in [2.75, 3.05) is 45.8 Å². The first kappa shape index (κ1) is 20.0. The van der Waals surface area contributed by atoms with Gasteiger partial charge in [0.05, 0.1) is 6.54 Å². The SMILES string of the molecule is CCN1CCN(C(=O)C2CCN(Cc3nc(-c4ccc(C)cc4)no3)CC2)CC1. The molecule has 2 saturated heterocycles. The molecule has 0 N–H and O–H groups in total. The van der Waals surface area contributed by atoms with Gasteiger partial charge in [0.1, 0.15) is 0 Å². The zero-order chi connectivity index (χ0) is 20.2. The van der Waals surface area contributed by atoms with Gasteiger partial charge in [0.2, 0.25) is 17.6 Å². The highest BCUT2D eigenvalue weighted by Gasteiger charge is 2.30. The van der Waals surface area contributed by atoms with Gasteiger partial charge in [-0.05, 0) is 39.4 Å². The van der Waals surface area contributed by atoms with E-state index in [1.54, 1.807) is 0 Å². The third-order valence-electron chi connectivity index (χ3n) is 6.20. The molecule has 1 aromatic heterocycles. The van der Waals surface area contributed by atoms with Gasteiger partial charge in [-0.2, -0.15) is 4.98 Å². The van der Waals surface area contributed by atoms with E-state index in [4.69, 9.17) is 4.52 Å². The number of carbonyl (C=O) groups excluding carboxylic acids is 1. The Bertz CT molecular complexity index is 803. The van der Waals surface area contributed by atoms with Crippen molar-refractivity contribution >= 4 is 5.91 Å². The summed E-state index contributed by atoms with van der Waals surface area (Å²) < 4.78 is 5.46. The van der Waals surface area contributed by atoms with E-state index in [-0.39, 0.29) is 5.92 Å². The third-order valence-corrected chi connectivity index (χ3v) is 6.20.